The fourth-order valence-electron chi connectivity index (χ4n) is 7.53. The molecule has 0 N–H and O–H groups in total. The molecule has 0 unspecified atom stereocenters. The number of fused-ring (bicyclic) bond motifs is 2. The van der Waals surface area contributed by atoms with Crippen LogP contribution in [0.4, 0.5) is 0 Å². The Morgan fingerprint density at radius 3 is 1.00 bits per heavy atom. The fraction of sp³-hybridized carbons (Fsp3) is 0.480. The second kappa shape index (κ2) is 23.4. The predicted molar refractivity (Wildman–Crippen MR) is 233 cm³/mol. The molecule has 0 fully saturated rings. The van der Waals surface area contributed by atoms with E-state index >= 15 is 0 Å². The summed E-state index contributed by atoms with van der Waals surface area (Å²) < 4.78 is 0. The average molecular weight is 727 g/mol. The van der Waals surface area contributed by atoms with Gasteiger partial charge >= 0.3 is 0 Å². The summed E-state index contributed by atoms with van der Waals surface area (Å²) in [6, 6.07) is 22.1. The third kappa shape index (κ3) is 12.4. The van der Waals surface area contributed by atoms with Crippen LogP contribution in [0.1, 0.15) is 174 Å². The highest BCUT2D eigenvalue weighted by Gasteiger charge is 2.12. The van der Waals surface area contributed by atoms with Crippen molar-refractivity contribution >= 4 is 44.2 Å². The molecule has 52 heavy (non-hydrogen) atoms. The van der Waals surface area contributed by atoms with Gasteiger partial charge in [-0.1, -0.05) is 202 Å². The lowest BCUT2D eigenvalue weighted by Crippen LogP contribution is -1.91. The van der Waals surface area contributed by atoms with Gasteiger partial charge in [-0.25, -0.2) is 0 Å². The van der Waals surface area contributed by atoms with Crippen molar-refractivity contribution in [2.45, 2.75) is 155 Å². The smallest absolute Gasteiger partial charge is 0.0804 e. The zero-order chi connectivity index (χ0) is 36.1. The zero-order valence-electron chi connectivity index (χ0n) is 32.3. The van der Waals surface area contributed by atoms with Gasteiger partial charge in [0.05, 0.1) is 9.75 Å². The first-order valence-corrected chi connectivity index (χ1v) is 22.7. The second-order valence-electron chi connectivity index (χ2n) is 14.8. The molecule has 0 aliphatic rings. The van der Waals surface area contributed by atoms with Gasteiger partial charge in [0.1, 0.15) is 0 Å². The van der Waals surface area contributed by atoms with Crippen molar-refractivity contribution in [2.75, 3.05) is 0 Å². The van der Waals surface area contributed by atoms with E-state index in [9.17, 15) is 0 Å². The standard InChI is InChI=1S/C50H62S2/c1-3-5-7-9-11-13-15-17-19-21-27-41-37-39-51-49(41)35-33-47-43-29-23-25-31-45(43)48(46-32-26-24-30-44(46)47)34-36-50-42(38-40-52-50)28-22-20-18-16-14-12-10-8-6-4-2/h23-26,29-32,37-40H,3-22,27-28H2,1-2H3. The lowest BCUT2D eigenvalue weighted by molar-refractivity contribution is 0.556. The maximum atomic E-state index is 3.69. The molecule has 0 saturated heterocycles. The Bertz CT molecular complexity index is 1700. The molecular formula is C50H62S2. The number of hydrogen-bond donors (Lipinski definition) is 0. The summed E-state index contributed by atoms with van der Waals surface area (Å²) in [5, 5.41) is 9.23. The Labute approximate surface area is 324 Å². The normalized spacial score (nSPS) is 11.1. The number of unbranched alkanes of at least 4 members (excludes halogenated alkanes) is 18. The van der Waals surface area contributed by atoms with Gasteiger partial charge in [0, 0.05) is 11.1 Å². The largest absolute Gasteiger partial charge is 0.135 e. The summed E-state index contributed by atoms with van der Waals surface area (Å²) in [6.45, 7) is 4.59. The number of hydrogen-bond acceptors (Lipinski definition) is 2. The summed E-state index contributed by atoms with van der Waals surface area (Å²) in [5.74, 6) is 14.7. The summed E-state index contributed by atoms with van der Waals surface area (Å²) in [5.41, 5.74) is 5.07. The third-order valence-electron chi connectivity index (χ3n) is 10.6. The summed E-state index contributed by atoms with van der Waals surface area (Å²) >= 11 is 3.58. The highest BCUT2D eigenvalue weighted by atomic mass is 32.1. The molecule has 0 radical (unpaired) electrons. The second-order valence-corrected chi connectivity index (χ2v) is 16.6. The Morgan fingerprint density at radius 1 is 0.365 bits per heavy atom. The lowest BCUT2D eigenvalue weighted by atomic mass is 9.92. The Balaban J connectivity index is 1.24. The van der Waals surface area contributed by atoms with Crippen LogP contribution in [0.5, 0.6) is 0 Å². The summed E-state index contributed by atoms with van der Waals surface area (Å²) in [6.07, 6.45) is 29.7. The molecule has 0 spiro atoms. The minimum Gasteiger partial charge on any atom is -0.135 e. The summed E-state index contributed by atoms with van der Waals surface area (Å²) in [4.78, 5) is 2.45. The van der Waals surface area contributed by atoms with Gasteiger partial charge in [0.2, 0.25) is 0 Å². The van der Waals surface area contributed by atoms with Crippen LogP contribution in [0, 0.1) is 23.7 Å². The van der Waals surface area contributed by atoms with Crippen LogP contribution in [-0.4, -0.2) is 0 Å². The maximum absolute atomic E-state index is 3.69. The van der Waals surface area contributed by atoms with Crippen LogP contribution in [0.25, 0.3) is 21.5 Å². The molecule has 5 aromatic rings. The van der Waals surface area contributed by atoms with Crippen molar-refractivity contribution in [2.24, 2.45) is 0 Å². The van der Waals surface area contributed by atoms with Crippen LogP contribution in [0.2, 0.25) is 0 Å². The minimum atomic E-state index is 1.12. The van der Waals surface area contributed by atoms with E-state index in [1.165, 1.54) is 171 Å². The van der Waals surface area contributed by atoms with E-state index in [1.807, 2.05) is 0 Å². The molecule has 0 aliphatic heterocycles. The highest BCUT2D eigenvalue weighted by Crippen LogP contribution is 2.33. The van der Waals surface area contributed by atoms with Gasteiger partial charge < -0.3 is 0 Å². The van der Waals surface area contributed by atoms with Crippen LogP contribution in [0.3, 0.4) is 0 Å². The monoisotopic (exact) mass is 726 g/mol. The molecule has 2 aromatic heterocycles. The Hall–Kier alpha value is -3.30. The van der Waals surface area contributed by atoms with Crippen LogP contribution >= 0.6 is 22.7 Å². The van der Waals surface area contributed by atoms with Crippen molar-refractivity contribution in [3.05, 3.63) is 103 Å². The van der Waals surface area contributed by atoms with Gasteiger partial charge in [0.15, 0.2) is 0 Å². The SMILES string of the molecule is CCCCCCCCCCCCc1ccsc1C#Cc1c2ccccc2c(C#Cc2sccc2CCCCCCCCCCCC)c2ccccc12. The van der Waals surface area contributed by atoms with Crippen molar-refractivity contribution in [3.63, 3.8) is 0 Å². The average Bonchev–Trinajstić information content (AvgIpc) is 3.83. The van der Waals surface area contributed by atoms with Crippen LogP contribution in [-0.2, 0) is 12.8 Å². The molecule has 0 atom stereocenters. The first kappa shape index (κ1) is 39.9. The number of rotatable bonds is 22. The van der Waals surface area contributed by atoms with Crippen LogP contribution < -0.4 is 0 Å². The first-order valence-electron chi connectivity index (χ1n) is 20.9. The lowest BCUT2D eigenvalue weighted by Gasteiger charge is -2.10. The van der Waals surface area contributed by atoms with Crippen molar-refractivity contribution in [3.8, 4) is 23.7 Å². The Morgan fingerprint density at radius 2 is 0.673 bits per heavy atom. The van der Waals surface area contributed by atoms with E-state index < -0.39 is 0 Å². The van der Waals surface area contributed by atoms with Gasteiger partial charge in [-0.2, -0.15) is 0 Å². The molecule has 0 amide bonds. The topological polar surface area (TPSA) is 0 Å². The number of aryl methyl sites for hydroxylation is 2. The molecule has 0 saturated carbocycles. The number of benzene rings is 3. The third-order valence-corrected chi connectivity index (χ3v) is 12.4. The van der Waals surface area contributed by atoms with Gasteiger partial charge in [-0.15, -0.1) is 22.7 Å². The predicted octanol–water partition coefficient (Wildman–Crippen LogP) is 15.8. The molecule has 274 valence electrons. The molecule has 2 heterocycles. The van der Waals surface area contributed by atoms with Gasteiger partial charge in [-0.3, -0.25) is 0 Å². The molecule has 0 aliphatic carbocycles. The molecule has 0 nitrogen and oxygen atoms in total. The van der Waals surface area contributed by atoms with Crippen molar-refractivity contribution in [1.82, 2.24) is 0 Å². The Kier molecular flexibility index (Phi) is 17.9. The van der Waals surface area contributed by atoms with Crippen molar-refractivity contribution in [1.29, 1.82) is 0 Å². The van der Waals surface area contributed by atoms with E-state index in [0.29, 0.717) is 0 Å². The minimum absolute atomic E-state index is 1.12. The highest BCUT2D eigenvalue weighted by molar-refractivity contribution is 7.11. The molecule has 2 heteroatoms. The van der Waals surface area contributed by atoms with Crippen LogP contribution in [0.15, 0.2) is 71.4 Å². The molecule has 5 rings (SSSR count). The molecule has 0 bridgehead atoms. The van der Waals surface area contributed by atoms with E-state index in [2.05, 4.69) is 109 Å². The molecule has 3 aromatic carbocycles. The molecular weight excluding hydrogens is 665 g/mol. The van der Waals surface area contributed by atoms with E-state index in [4.69, 9.17) is 0 Å². The van der Waals surface area contributed by atoms with E-state index in [0.717, 1.165) is 24.0 Å². The first-order chi connectivity index (χ1) is 25.8. The van der Waals surface area contributed by atoms with Gasteiger partial charge in [0.25, 0.3) is 0 Å². The van der Waals surface area contributed by atoms with E-state index in [-0.39, 0.29) is 0 Å². The quantitative estimate of drug-likeness (QED) is 0.0378. The van der Waals surface area contributed by atoms with Crippen molar-refractivity contribution < 1.29 is 0 Å². The van der Waals surface area contributed by atoms with Gasteiger partial charge in [-0.05, 0) is 81.2 Å². The zero-order valence-corrected chi connectivity index (χ0v) is 33.9. The fourth-order valence-corrected chi connectivity index (χ4v) is 9.13. The summed E-state index contributed by atoms with van der Waals surface area (Å²) in [7, 11) is 0. The maximum Gasteiger partial charge on any atom is 0.0804 e. The van der Waals surface area contributed by atoms with E-state index in [1.54, 1.807) is 22.7 Å². The number of thiophene rings is 2.